The van der Waals surface area contributed by atoms with Gasteiger partial charge in [-0.05, 0) is 19.9 Å². The number of amides is 1. The number of hydrogen-bond donors (Lipinski definition) is 1. The van der Waals surface area contributed by atoms with Crippen LogP contribution in [0.25, 0.3) is 0 Å². The van der Waals surface area contributed by atoms with Gasteiger partial charge in [0.1, 0.15) is 11.5 Å². The molecule has 1 aromatic rings. The molecule has 0 unspecified atom stereocenters. The first kappa shape index (κ1) is 8.84. The van der Waals surface area contributed by atoms with Crippen LogP contribution in [0.1, 0.15) is 24.0 Å². The topological polar surface area (TPSA) is 42.2 Å². The number of aryl methyl sites for hydroxylation is 2. The van der Waals surface area contributed by atoms with Crippen molar-refractivity contribution in [1.82, 2.24) is 5.32 Å². The lowest BCUT2D eigenvalue weighted by Gasteiger charge is -1.98. The zero-order valence-corrected chi connectivity index (χ0v) is 7.60. The van der Waals surface area contributed by atoms with Crippen molar-refractivity contribution in [3.05, 3.63) is 23.2 Å². The lowest BCUT2D eigenvalue weighted by molar-refractivity contribution is -0.119. The van der Waals surface area contributed by atoms with Crippen LogP contribution in [-0.2, 0) is 11.3 Å². The van der Waals surface area contributed by atoms with E-state index >= 15 is 0 Å². The van der Waals surface area contributed by atoms with E-state index in [1.54, 1.807) is 0 Å². The summed E-state index contributed by atoms with van der Waals surface area (Å²) in [6.07, 6.45) is 0. The lowest BCUT2D eigenvalue weighted by Crippen LogP contribution is -2.18. The van der Waals surface area contributed by atoms with Crippen molar-refractivity contribution in [1.29, 1.82) is 0 Å². The monoisotopic (exact) mass is 167 g/mol. The highest BCUT2D eigenvalue weighted by molar-refractivity contribution is 5.72. The molecule has 0 aromatic carbocycles. The van der Waals surface area contributed by atoms with Crippen molar-refractivity contribution in [3.63, 3.8) is 0 Å². The van der Waals surface area contributed by atoms with Crippen molar-refractivity contribution >= 4 is 5.91 Å². The van der Waals surface area contributed by atoms with E-state index < -0.39 is 0 Å². The molecule has 1 aromatic heterocycles. The first-order chi connectivity index (χ1) is 5.59. The summed E-state index contributed by atoms with van der Waals surface area (Å²) in [5.41, 5.74) is 1.04. The van der Waals surface area contributed by atoms with Crippen LogP contribution in [0.15, 0.2) is 10.5 Å². The quantitative estimate of drug-likeness (QED) is 0.725. The number of furan rings is 1. The molecule has 3 heteroatoms. The standard InChI is InChI=1S/C9H13NO2/c1-6-4-9(7(2)12-6)5-10-8(3)11/h4H,5H2,1-3H3,(H,10,11). The van der Waals surface area contributed by atoms with E-state index in [9.17, 15) is 4.79 Å². The number of rotatable bonds is 2. The summed E-state index contributed by atoms with van der Waals surface area (Å²) in [4.78, 5) is 10.6. The fraction of sp³-hybridized carbons (Fsp3) is 0.444. The Morgan fingerprint density at radius 1 is 1.58 bits per heavy atom. The smallest absolute Gasteiger partial charge is 0.217 e. The molecular weight excluding hydrogens is 154 g/mol. The van der Waals surface area contributed by atoms with E-state index in [0.717, 1.165) is 17.1 Å². The molecule has 0 saturated carbocycles. The number of carbonyl (C=O) groups is 1. The summed E-state index contributed by atoms with van der Waals surface area (Å²) in [5.74, 6) is 1.74. The average molecular weight is 167 g/mol. The molecule has 0 aliphatic heterocycles. The van der Waals surface area contributed by atoms with Gasteiger partial charge in [0.15, 0.2) is 0 Å². The van der Waals surface area contributed by atoms with E-state index in [0.29, 0.717) is 6.54 Å². The Morgan fingerprint density at radius 2 is 2.25 bits per heavy atom. The zero-order chi connectivity index (χ0) is 9.14. The van der Waals surface area contributed by atoms with Gasteiger partial charge >= 0.3 is 0 Å². The molecule has 12 heavy (non-hydrogen) atoms. The van der Waals surface area contributed by atoms with Gasteiger partial charge in [-0.15, -0.1) is 0 Å². The molecule has 0 atom stereocenters. The molecular formula is C9H13NO2. The summed E-state index contributed by atoms with van der Waals surface area (Å²) in [5, 5.41) is 2.72. The molecule has 1 rings (SSSR count). The molecule has 1 amide bonds. The molecule has 3 nitrogen and oxygen atoms in total. The van der Waals surface area contributed by atoms with Crippen LogP contribution >= 0.6 is 0 Å². The normalized spacial score (nSPS) is 9.92. The van der Waals surface area contributed by atoms with Crippen LogP contribution in [-0.4, -0.2) is 5.91 Å². The predicted octanol–water partition coefficient (Wildman–Crippen LogP) is 1.53. The van der Waals surface area contributed by atoms with Gasteiger partial charge in [0, 0.05) is 19.0 Å². The Hall–Kier alpha value is -1.25. The average Bonchev–Trinajstić information content (AvgIpc) is 2.26. The lowest BCUT2D eigenvalue weighted by atomic mass is 10.2. The van der Waals surface area contributed by atoms with Crippen molar-refractivity contribution < 1.29 is 9.21 Å². The van der Waals surface area contributed by atoms with Gasteiger partial charge < -0.3 is 9.73 Å². The van der Waals surface area contributed by atoms with Crippen LogP contribution in [0, 0.1) is 13.8 Å². The third-order valence-electron chi connectivity index (χ3n) is 1.67. The van der Waals surface area contributed by atoms with E-state index in [-0.39, 0.29) is 5.91 Å². The highest BCUT2D eigenvalue weighted by Crippen LogP contribution is 2.12. The van der Waals surface area contributed by atoms with Crippen molar-refractivity contribution in [2.45, 2.75) is 27.3 Å². The Kier molecular flexibility index (Phi) is 2.53. The molecule has 0 radical (unpaired) electrons. The second kappa shape index (κ2) is 3.43. The van der Waals surface area contributed by atoms with E-state index in [2.05, 4.69) is 5.32 Å². The summed E-state index contributed by atoms with van der Waals surface area (Å²) >= 11 is 0. The van der Waals surface area contributed by atoms with Crippen LogP contribution in [0.4, 0.5) is 0 Å². The molecule has 0 saturated heterocycles. The number of carbonyl (C=O) groups excluding carboxylic acids is 1. The van der Waals surface area contributed by atoms with Gasteiger partial charge in [0.25, 0.3) is 0 Å². The highest BCUT2D eigenvalue weighted by Gasteiger charge is 2.03. The summed E-state index contributed by atoms with van der Waals surface area (Å²) in [7, 11) is 0. The van der Waals surface area contributed by atoms with Gasteiger partial charge in [-0.25, -0.2) is 0 Å². The third kappa shape index (κ3) is 2.12. The van der Waals surface area contributed by atoms with Gasteiger partial charge in [-0.3, -0.25) is 4.79 Å². The van der Waals surface area contributed by atoms with Crippen LogP contribution in [0.5, 0.6) is 0 Å². The molecule has 0 aliphatic carbocycles. The second-order valence-corrected chi connectivity index (χ2v) is 2.85. The van der Waals surface area contributed by atoms with E-state index in [1.807, 2.05) is 19.9 Å². The SMILES string of the molecule is CC(=O)NCc1cc(C)oc1C. The first-order valence-corrected chi connectivity index (χ1v) is 3.90. The van der Waals surface area contributed by atoms with Gasteiger partial charge in [-0.1, -0.05) is 0 Å². The van der Waals surface area contributed by atoms with Crippen molar-refractivity contribution in [2.24, 2.45) is 0 Å². The molecule has 1 N–H and O–H groups in total. The van der Waals surface area contributed by atoms with E-state index in [1.165, 1.54) is 6.92 Å². The van der Waals surface area contributed by atoms with Gasteiger partial charge in [0.05, 0.1) is 0 Å². The molecule has 0 spiro atoms. The molecule has 1 heterocycles. The molecule has 0 bridgehead atoms. The minimum absolute atomic E-state index is 0.0201. The maximum Gasteiger partial charge on any atom is 0.217 e. The summed E-state index contributed by atoms with van der Waals surface area (Å²) < 4.78 is 5.30. The van der Waals surface area contributed by atoms with Gasteiger partial charge in [-0.2, -0.15) is 0 Å². The summed E-state index contributed by atoms with van der Waals surface area (Å²) in [6.45, 7) is 5.84. The molecule has 66 valence electrons. The van der Waals surface area contributed by atoms with Crippen molar-refractivity contribution in [3.8, 4) is 0 Å². The summed E-state index contributed by atoms with van der Waals surface area (Å²) in [6, 6.07) is 1.94. The Bertz CT molecular complexity index is 289. The third-order valence-corrected chi connectivity index (χ3v) is 1.67. The second-order valence-electron chi connectivity index (χ2n) is 2.85. The fourth-order valence-corrected chi connectivity index (χ4v) is 1.08. The largest absolute Gasteiger partial charge is 0.466 e. The number of hydrogen-bond acceptors (Lipinski definition) is 2. The molecule has 0 aliphatic rings. The fourth-order valence-electron chi connectivity index (χ4n) is 1.08. The maximum atomic E-state index is 10.6. The maximum absolute atomic E-state index is 10.6. The van der Waals surface area contributed by atoms with Crippen molar-refractivity contribution in [2.75, 3.05) is 0 Å². The zero-order valence-electron chi connectivity index (χ0n) is 7.60. The van der Waals surface area contributed by atoms with Gasteiger partial charge in [0.2, 0.25) is 5.91 Å². The minimum atomic E-state index is -0.0201. The Morgan fingerprint density at radius 3 is 2.67 bits per heavy atom. The Labute approximate surface area is 71.8 Å². The highest BCUT2D eigenvalue weighted by atomic mass is 16.3. The van der Waals surface area contributed by atoms with Crippen LogP contribution in [0.3, 0.4) is 0 Å². The van der Waals surface area contributed by atoms with E-state index in [4.69, 9.17) is 4.42 Å². The molecule has 0 fully saturated rings. The predicted molar refractivity (Wildman–Crippen MR) is 45.7 cm³/mol. The minimum Gasteiger partial charge on any atom is -0.466 e. The first-order valence-electron chi connectivity index (χ1n) is 3.90. The van der Waals surface area contributed by atoms with Crippen LogP contribution < -0.4 is 5.32 Å². The number of nitrogens with one attached hydrogen (secondary N) is 1. The Balaban J connectivity index is 2.62. The van der Waals surface area contributed by atoms with Crippen LogP contribution in [0.2, 0.25) is 0 Å².